The monoisotopic (exact) mass is 397 g/mol. The summed E-state index contributed by atoms with van der Waals surface area (Å²) in [5, 5.41) is 0. The van der Waals surface area contributed by atoms with Crippen LogP contribution in [0.4, 0.5) is 32.0 Å². The Morgan fingerprint density at radius 1 is 0.536 bits per heavy atom. The lowest BCUT2D eigenvalue weighted by atomic mass is 9.98. The van der Waals surface area contributed by atoms with Gasteiger partial charge in [0.1, 0.15) is 0 Å². The van der Waals surface area contributed by atoms with Crippen molar-refractivity contribution < 1.29 is 26.3 Å². The van der Waals surface area contributed by atoms with Crippen molar-refractivity contribution in [1.82, 2.24) is 0 Å². The Bertz CT molecular complexity index is 789. The van der Waals surface area contributed by atoms with Crippen molar-refractivity contribution in [2.45, 2.75) is 18.3 Å². The molecule has 3 aromatic carbocycles. The van der Waals surface area contributed by atoms with Crippen LogP contribution in [-0.2, 0) is 0 Å². The largest absolute Gasteiger partial charge is 0.404 e. The van der Waals surface area contributed by atoms with Gasteiger partial charge in [0.25, 0.3) is 0 Å². The first-order chi connectivity index (χ1) is 13.1. The SMILES string of the molecule is Nc1ccc(C(C(F)(F)F)C(F)(F)F)cc1.c1ccc(-c2ccccc2)cc1. The van der Waals surface area contributed by atoms with Gasteiger partial charge in [-0.25, -0.2) is 0 Å². The number of hydrogen-bond donors (Lipinski definition) is 1. The summed E-state index contributed by atoms with van der Waals surface area (Å²) >= 11 is 0. The number of rotatable bonds is 2. The molecule has 0 saturated carbocycles. The van der Waals surface area contributed by atoms with Crippen molar-refractivity contribution in [2.24, 2.45) is 0 Å². The minimum atomic E-state index is -5.37. The molecule has 0 aliphatic carbocycles. The predicted octanol–water partition coefficient (Wildman–Crippen LogP) is 6.83. The number of halogens is 6. The molecule has 7 heteroatoms. The summed E-state index contributed by atoms with van der Waals surface area (Å²) in [6, 6.07) is 24.2. The van der Waals surface area contributed by atoms with E-state index in [9.17, 15) is 26.3 Å². The highest BCUT2D eigenvalue weighted by atomic mass is 19.4. The first-order valence-electron chi connectivity index (χ1n) is 8.18. The van der Waals surface area contributed by atoms with Crippen LogP contribution < -0.4 is 5.73 Å². The molecule has 0 unspecified atom stereocenters. The second-order valence-electron chi connectivity index (χ2n) is 5.91. The van der Waals surface area contributed by atoms with Crippen molar-refractivity contribution in [3.05, 3.63) is 90.5 Å². The third-order valence-corrected chi connectivity index (χ3v) is 3.81. The van der Waals surface area contributed by atoms with E-state index in [0.29, 0.717) is 0 Å². The van der Waals surface area contributed by atoms with Crippen molar-refractivity contribution in [3.8, 4) is 11.1 Å². The Labute approximate surface area is 158 Å². The van der Waals surface area contributed by atoms with E-state index in [1.165, 1.54) is 11.1 Å². The molecule has 0 radical (unpaired) electrons. The van der Waals surface area contributed by atoms with Crippen LogP contribution in [0.2, 0.25) is 0 Å². The van der Waals surface area contributed by atoms with Crippen LogP contribution in [0.15, 0.2) is 84.9 Å². The maximum Gasteiger partial charge on any atom is 0.404 e. The van der Waals surface area contributed by atoms with Gasteiger partial charge in [-0.1, -0.05) is 72.8 Å². The Morgan fingerprint density at radius 3 is 1.21 bits per heavy atom. The van der Waals surface area contributed by atoms with E-state index in [4.69, 9.17) is 5.73 Å². The topological polar surface area (TPSA) is 26.0 Å². The third-order valence-electron chi connectivity index (χ3n) is 3.81. The molecule has 0 saturated heterocycles. The lowest BCUT2D eigenvalue weighted by Gasteiger charge is -2.23. The minimum absolute atomic E-state index is 0.104. The van der Waals surface area contributed by atoms with Gasteiger partial charge in [-0.3, -0.25) is 0 Å². The molecule has 0 aromatic heterocycles. The molecule has 3 aromatic rings. The summed E-state index contributed by atoms with van der Waals surface area (Å²) < 4.78 is 73.5. The van der Waals surface area contributed by atoms with E-state index in [1.54, 1.807) is 0 Å². The average molecular weight is 397 g/mol. The second kappa shape index (κ2) is 8.82. The van der Waals surface area contributed by atoms with Crippen LogP contribution in [0.5, 0.6) is 0 Å². The number of nitrogen functional groups attached to an aromatic ring is 1. The molecule has 0 aliphatic heterocycles. The van der Waals surface area contributed by atoms with Gasteiger partial charge in [-0.05, 0) is 28.8 Å². The standard InChI is InChI=1S/C12H10.C9H7F6N/c1-3-7-11(8-4-1)12-9-5-2-6-10-12;10-8(11,12)7(9(13,14)15)5-1-3-6(16)4-2-5/h1-10H;1-4,7H,16H2. The second-order valence-corrected chi connectivity index (χ2v) is 5.91. The number of nitrogens with two attached hydrogens (primary N) is 1. The van der Waals surface area contributed by atoms with Crippen molar-refractivity contribution >= 4 is 5.69 Å². The average Bonchev–Trinajstić information content (AvgIpc) is 2.63. The van der Waals surface area contributed by atoms with Gasteiger partial charge in [0.15, 0.2) is 5.92 Å². The molecular weight excluding hydrogens is 380 g/mol. The molecule has 0 heterocycles. The van der Waals surface area contributed by atoms with Crippen LogP contribution in [0.1, 0.15) is 11.5 Å². The van der Waals surface area contributed by atoms with Gasteiger partial charge in [0.2, 0.25) is 0 Å². The Kier molecular flexibility index (Phi) is 6.72. The van der Waals surface area contributed by atoms with E-state index in [2.05, 4.69) is 48.5 Å². The van der Waals surface area contributed by atoms with E-state index in [-0.39, 0.29) is 5.69 Å². The maximum absolute atomic E-state index is 12.3. The zero-order chi connectivity index (χ0) is 20.8. The number of alkyl halides is 6. The van der Waals surface area contributed by atoms with Crippen LogP contribution >= 0.6 is 0 Å². The molecule has 0 bridgehead atoms. The fourth-order valence-corrected chi connectivity index (χ4v) is 2.51. The molecule has 3 rings (SSSR count). The third kappa shape index (κ3) is 6.04. The molecule has 28 heavy (non-hydrogen) atoms. The first-order valence-corrected chi connectivity index (χ1v) is 8.18. The molecule has 0 spiro atoms. The number of benzene rings is 3. The quantitative estimate of drug-likeness (QED) is 0.372. The summed E-state index contributed by atoms with van der Waals surface area (Å²) in [5.74, 6) is -3.47. The summed E-state index contributed by atoms with van der Waals surface area (Å²) in [6.45, 7) is 0. The Morgan fingerprint density at radius 2 is 0.893 bits per heavy atom. The van der Waals surface area contributed by atoms with E-state index < -0.39 is 23.8 Å². The predicted molar refractivity (Wildman–Crippen MR) is 97.6 cm³/mol. The van der Waals surface area contributed by atoms with Crippen LogP contribution in [-0.4, -0.2) is 12.4 Å². The van der Waals surface area contributed by atoms with Gasteiger partial charge < -0.3 is 5.73 Å². The molecule has 2 N–H and O–H groups in total. The summed E-state index contributed by atoms with van der Waals surface area (Å²) in [5.41, 5.74) is 6.97. The lowest BCUT2D eigenvalue weighted by Crippen LogP contribution is -2.34. The van der Waals surface area contributed by atoms with Gasteiger partial charge in [0.05, 0.1) is 0 Å². The number of hydrogen-bond acceptors (Lipinski definition) is 1. The molecule has 0 atom stereocenters. The van der Waals surface area contributed by atoms with E-state index in [0.717, 1.165) is 24.3 Å². The fourth-order valence-electron chi connectivity index (χ4n) is 2.51. The Balaban J connectivity index is 0.000000207. The Hall–Kier alpha value is -2.96. The molecule has 0 aliphatic rings. The maximum atomic E-state index is 12.3. The van der Waals surface area contributed by atoms with Gasteiger partial charge in [-0.2, -0.15) is 26.3 Å². The molecule has 0 amide bonds. The van der Waals surface area contributed by atoms with Crippen LogP contribution in [0.3, 0.4) is 0 Å². The lowest BCUT2D eigenvalue weighted by molar-refractivity contribution is -0.253. The smallest absolute Gasteiger partial charge is 0.399 e. The highest BCUT2D eigenvalue weighted by Crippen LogP contribution is 2.46. The van der Waals surface area contributed by atoms with Crippen molar-refractivity contribution in [1.29, 1.82) is 0 Å². The van der Waals surface area contributed by atoms with Crippen molar-refractivity contribution in [3.63, 3.8) is 0 Å². The minimum Gasteiger partial charge on any atom is -0.399 e. The zero-order valence-electron chi connectivity index (χ0n) is 14.5. The first kappa shape index (κ1) is 21.3. The fraction of sp³-hybridized carbons (Fsp3) is 0.143. The summed E-state index contributed by atoms with van der Waals surface area (Å²) in [7, 11) is 0. The molecule has 1 nitrogen and oxygen atoms in total. The molecule has 0 fully saturated rings. The molecule has 148 valence electrons. The van der Waals surface area contributed by atoms with Crippen LogP contribution in [0.25, 0.3) is 11.1 Å². The zero-order valence-corrected chi connectivity index (χ0v) is 14.5. The summed E-state index contributed by atoms with van der Waals surface area (Å²) in [4.78, 5) is 0. The highest BCUT2D eigenvalue weighted by molar-refractivity contribution is 5.62. The van der Waals surface area contributed by atoms with E-state index >= 15 is 0 Å². The number of anilines is 1. The highest BCUT2D eigenvalue weighted by Gasteiger charge is 2.57. The summed E-state index contributed by atoms with van der Waals surface area (Å²) in [6.07, 6.45) is -10.7. The van der Waals surface area contributed by atoms with Gasteiger partial charge >= 0.3 is 12.4 Å². The molecular formula is C21H17F6N. The van der Waals surface area contributed by atoms with Gasteiger partial charge in [0, 0.05) is 5.69 Å². The normalized spacial score (nSPS) is 11.7. The van der Waals surface area contributed by atoms with Crippen LogP contribution in [0, 0.1) is 0 Å². The van der Waals surface area contributed by atoms with Crippen molar-refractivity contribution in [2.75, 3.05) is 5.73 Å². The van der Waals surface area contributed by atoms with E-state index in [1.807, 2.05) is 12.1 Å². The van der Waals surface area contributed by atoms with Gasteiger partial charge in [-0.15, -0.1) is 0 Å².